The van der Waals surface area contributed by atoms with E-state index in [1.54, 1.807) is 6.08 Å². The van der Waals surface area contributed by atoms with E-state index in [-0.39, 0.29) is 0 Å². The summed E-state index contributed by atoms with van der Waals surface area (Å²) >= 11 is 0. The van der Waals surface area contributed by atoms with Crippen molar-refractivity contribution in [2.75, 3.05) is 0 Å². The fourth-order valence-corrected chi connectivity index (χ4v) is 1.03. The Labute approximate surface area is 100 Å². The van der Waals surface area contributed by atoms with Crippen molar-refractivity contribution in [2.45, 2.75) is 20.3 Å². The second kappa shape index (κ2) is 7.70. The molecular formula is C16H22. The van der Waals surface area contributed by atoms with E-state index in [9.17, 15) is 0 Å². The van der Waals surface area contributed by atoms with Gasteiger partial charge in [-0.15, -0.1) is 0 Å². The highest BCUT2D eigenvalue weighted by Crippen LogP contribution is 2.16. The van der Waals surface area contributed by atoms with Gasteiger partial charge in [0.05, 0.1) is 0 Å². The Kier molecular flexibility index (Phi) is 6.95. The summed E-state index contributed by atoms with van der Waals surface area (Å²) in [5.74, 6) is 0.515. The molecule has 0 bridgehead atoms. The summed E-state index contributed by atoms with van der Waals surface area (Å²) in [5.41, 5.74) is 2.93. The number of allylic oxidation sites excluding steroid dienone is 8. The SMILES string of the molecule is C=C/C=C\C(=C)C(=C)/C=C\C(=C)C(C)CC. The van der Waals surface area contributed by atoms with Gasteiger partial charge in [-0.25, -0.2) is 0 Å². The zero-order chi connectivity index (χ0) is 12.6. The average Bonchev–Trinajstić information content (AvgIpc) is 2.31. The maximum atomic E-state index is 4.03. The molecule has 0 saturated carbocycles. The van der Waals surface area contributed by atoms with Crippen LogP contribution in [0.25, 0.3) is 0 Å². The van der Waals surface area contributed by atoms with Crippen molar-refractivity contribution in [1.29, 1.82) is 0 Å². The van der Waals surface area contributed by atoms with Crippen LogP contribution in [0.3, 0.4) is 0 Å². The number of rotatable bonds is 7. The molecule has 1 unspecified atom stereocenters. The highest BCUT2D eigenvalue weighted by Gasteiger charge is 1.99. The lowest BCUT2D eigenvalue weighted by Gasteiger charge is -2.07. The summed E-state index contributed by atoms with van der Waals surface area (Å²) in [6.45, 7) is 19.8. The van der Waals surface area contributed by atoms with E-state index >= 15 is 0 Å². The second-order valence-corrected chi connectivity index (χ2v) is 3.86. The van der Waals surface area contributed by atoms with Gasteiger partial charge in [-0.1, -0.05) is 76.1 Å². The molecule has 0 aromatic heterocycles. The van der Waals surface area contributed by atoms with Crippen LogP contribution in [-0.2, 0) is 0 Å². The standard InChI is InChI=1S/C16H22/c1-7-9-10-14(4)16(6)12-11-15(5)13(3)8-2/h7,9-13H,1,4-6,8H2,2-3H3/b10-9-,12-11-. The molecule has 16 heavy (non-hydrogen) atoms. The summed E-state index contributed by atoms with van der Waals surface area (Å²) in [5, 5.41) is 0. The van der Waals surface area contributed by atoms with Gasteiger partial charge in [0.2, 0.25) is 0 Å². The molecule has 0 heteroatoms. The van der Waals surface area contributed by atoms with Crippen LogP contribution in [0.2, 0.25) is 0 Å². The molecule has 0 aliphatic heterocycles. The first-order valence-corrected chi connectivity index (χ1v) is 5.57. The monoisotopic (exact) mass is 214 g/mol. The van der Waals surface area contributed by atoms with Crippen LogP contribution in [-0.4, -0.2) is 0 Å². The van der Waals surface area contributed by atoms with Crippen molar-refractivity contribution in [3.8, 4) is 0 Å². The summed E-state index contributed by atoms with van der Waals surface area (Å²) in [4.78, 5) is 0. The molecule has 1 atom stereocenters. The quantitative estimate of drug-likeness (QED) is 0.523. The first-order valence-electron chi connectivity index (χ1n) is 5.57. The molecule has 0 aliphatic carbocycles. The Bertz CT molecular complexity index is 337. The third kappa shape index (κ3) is 5.35. The molecular weight excluding hydrogens is 192 g/mol. The van der Waals surface area contributed by atoms with Gasteiger partial charge in [0.25, 0.3) is 0 Å². The van der Waals surface area contributed by atoms with Crippen LogP contribution in [0.4, 0.5) is 0 Å². The molecule has 0 N–H and O–H groups in total. The molecule has 86 valence electrons. The Morgan fingerprint density at radius 3 is 2.12 bits per heavy atom. The van der Waals surface area contributed by atoms with Crippen molar-refractivity contribution >= 4 is 0 Å². The molecule has 0 heterocycles. The fourth-order valence-electron chi connectivity index (χ4n) is 1.03. The maximum Gasteiger partial charge on any atom is -0.0199 e. The van der Waals surface area contributed by atoms with Crippen LogP contribution in [0, 0.1) is 5.92 Å². The topological polar surface area (TPSA) is 0 Å². The number of hydrogen-bond acceptors (Lipinski definition) is 0. The molecule has 0 fully saturated rings. The molecule has 0 aliphatic rings. The van der Waals surface area contributed by atoms with E-state index in [2.05, 4.69) is 40.2 Å². The molecule has 0 saturated heterocycles. The molecule has 0 aromatic carbocycles. The lowest BCUT2D eigenvalue weighted by atomic mass is 9.98. The smallest absolute Gasteiger partial charge is 0.0199 e. The van der Waals surface area contributed by atoms with Crippen molar-refractivity contribution < 1.29 is 0 Å². The van der Waals surface area contributed by atoms with Crippen molar-refractivity contribution in [2.24, 2.45) is 5.92 Å². The number of hydrogen-bond donors (Lipinski definition) is 0. The van der Waals surface area contributed by atoms with E-state index in [1.807, 2.05) is 24.3 Å². The van der Waals surface area contributed by atoms with Gasteiger partial charge in [-0.2, -0.15) is 0 Å². The summed E-state index contributed by atoms with van der Waals surface area (Å²) in [6.07, 6.45) is 10.6. The predicted octanol–water partition coefficient (Wildman–Crippen LogP) is 5.00. The van der Waals surface area contributed by atoms with Crippen LogP contribution < -0.4 is 0 Å². The highest BCUT2D eigenvalue weighted by molar-refractivity contribution is 5.44. The largest absolute Gasteiger partial charge is 0.0991 e. The van der Waals surface area contributed by atoms with Gasteiger partial charge in [0, 0.05) is 0 Å². The third-order valence-corrected chi connectivity index (χ3v) is 2.59. The van der Waals surface area contributed by atoms with Crippen LogP contribution >= 0.6 is 0 Å². The Hall–Kier alpha value is -1.56. The first kappa shape index (κ1) is 14.4. The van der Waals surface area contributed by atoms with Gasteiger partial charge in [-0.3, -0.25) is 0 Å². The highest BCUT2D eigenvalue weighted by atomic mass is 14.0. The summed E-state index contributed by atoms with van der Waals surface area (Å²) in [7, 11) is 0. The zero-order valence-corrected chi connectivity index (χ0v) is 10.5. The lowest BCUT2D eigenvalue weighted by molar-refractivity contribution is 0.672. The van der Waals surface area contributed by atoms with Crippen LogP contribution in [0.5, 0.6) is 0 Å². The normalized spacial score (nSPS) is 12.9. The third-order valence-electron chi connectivity index (χ3n) is 2.59. The Morgan fingerprint density at radius 2 is 1.62 bits per heavy atom. The first-order chi connectivity index (χ1) is 7.52. The van der Waals surface area contributed by atoms with E-state index in [4.69, 9.17) is 0 Å². The van der Waals surface area contributed by atoms with Gasteiger partial charge in [0.15, 0.2) is 0 Å². The van der Waals surface area contributed by atoms with E-state index in [0.717, 1.165) is 23.1 Å². The van der Waals surface area contributed by atoms with Gasteiger partial charge in [0.1, 0.15) is 0 Å². The molecule has 0 aromatic rings. The second-order valence-electron chi connectivity index (χ2n) is 3.86. The van der Waals surface area contributed by atoms with Gasteiger partial charge in [-0.05, 0) is 23.5 Å². The van der Waals surface area contributed by atoms with Crippen LogP contribution in [0.15, 0.2) is 73.4 Å². The zero-order valence-electron chi connectivity index (χ0n) is 10.5. The van der Waals surface area contributed by atoms with Gasteiger partial charge >= 0.3 is 0 Å². The average molecular weight is 214 g/mol. The minimum Gasteiger partial charge on any atom is -0.0991 e. The molecule has 0 nitrogen and oxygen atoms in total. The molecule has 0 radical (unpaired) electrons. The minimum absolute atomic E-state index is 0.515. The van der Waals surface area contributed by atoms with E-state index in [1.165, 1.54) is 0 Å². The summed E-state index contributed by atoms with van der Waals surface area (Å²) < 4.78 is 0. The van der Waals surface area contributed by atoms with Crippen molar-refractivity contribution in [3.05, 3.63) is 73.4 Å². The van der Waals surface area contributed by atoms with Gasteiger partial charge < -0.3 is 0 Å². The van der Waals surface area contributed by atoms with E-state index in [0.29, 0.717) is 5.92 Å². The van der Waals surface area contributed by atoms with Crippen LogP contribution in [0.1, 0.15) is 20.3 Å². The Morgan fingerprint density at radius 1 is 1.06 bits per heavy atom. The van der Waals surface area contributed by atoms with Crippen molar-refractivity contribution in [3.63, 3.8) is 0 Å². The van der Waals surface area contributed by atoms with Crippen molar-refractivity contribution in [1.82, 2.24) is 0 Å². The Balaban J connectivity index is 4.39. The molecule has 0 spiro atoms. The minimum atomic E-state index is 0.515. The fraction of sp³-hybridized carbons (Fsp3) is 0.250. The molecule has 0 amide bonds. The lowest BCUT2D eigenvalue weighted by Crippen LogP contribution is -1.92. The van der Waals surface area contributed by atoms with E-state index < -0.39 is 0 Å². The maximum absolute atomic E-state index is 4.03. The summed E-state index contributed by atoms with van der Waals surface area (Å²) in [6, 6.07) is 0. The molecule has 0 rings (SSSR count). The predicted molar refractivity (Wildman–Crippen MR) is 75.4 cm³/mol.